The first-order chi connectivity index (χ1) is 12.6. The van der Waals surface area contributed by atoms with Crippen molar-refractivity contribution in [2.24, 2.45) is 0 Å². The van der Waals surface area contributed by atoms with Gasteiger partial charge in [0.2, 0.25) is 0 Å². The maximum atomic E-state index is 11.4. The molecule has 0 amide bonds. The van der Waals surface area contributed by atoms with Crippen LogP contribution in [-0.4, -0.2) is 9.85 Å². The van der Waals surface area contributed by atoms with Crippen molar-refractivity contribution >= 4 is 28.4 Å². The molecule has 0 atom stereocenters. The lowest BCUT2D eigenvalue weighted by atomic mass is 10.2. The molecule has 0 saturated heterocycles. The minimum atomic E-state index is -0.681. The number of nitrogens with zero attached hydrogens (tertiary/aromatic N) is 4. The largest absolute Gasteiger partial charge is 0.303 e. The molecule has 0 spiro atoms. The SMILES string of the molecule is O=[N+]([O-])c1ccc([N]N(c2ccccc2)c2ccccc2)c([N+](=O)[O-])c1. The summed E-state index contributed by atoms with van der Waals surface area (Å²) in [7, 11) is 0. The van der Waals surface area contributed by atoms with E-state index in [9.17, 15) is 20.2 Å². The summed E-state index contributed by atoms with van der Waals surface area (Å²) in [5.74, 6) is 0. The van der Waals surface area contributed by atoms with Gasteiger partial charge >= 0.3 is 5.69 Å². The van der Waals surface area contributed by atoms with Crippen LogP contribution in [0.5, 0.6) is 0 Å². The standard InChI is InChI=1S/C18H13N4O4/c23-21(24)16-11-12-17(18(13-16)22(25)26)19-20(14-7-3-1-4-8-14)15-9-5-2-6-10-15/h1-13H. The van der Waals surface area contributed by atoms with E-state index in [1.807, 2.05) is 60.7 Å². The lowest BCUT2D eigenvalue weighted by Crippen LogP contribution is -2.23. The molecule has 0 saturated carbocycles. The van der Waals surface area contributed by atoms with E-state index in [2.05, 4.69) is 5.43 Å². The van der Waals surface area contributed by atoms with Gasteiger partial charge < -0.3 is 0 Å². The van der Waals surface area contributed by atoms with E-state index >= 15 is 0 Å². The highest BCUT2D eigenvalue weighted by molar-refractivity contribution is 5.68. The van der Waals surface area contributed by atoms with E-state index in [-0.39, 0.29) is 11.4 Å². The van der Waals surface area contributed by atoms with Gasteiger partial charge in [0.25, 0.3) is 5.69 Å². The minimum Gasteiger partial charge on any atom is -0.258 e. The molecule has 0 heterocycles. The van der Waals surface area contributed by atoms with Crippen LogP contribution in [0.15, 0.2) is 78.9 Å². The summed E-state index contributed by atoms with van der Waals surface area (Å²) in [6.45, 7) is 0. The zero-order valence-corrected chi connectivity index (χ0v) is 13.4. The molecule has 3 rings (SSSR count). The van der Waals surface area contributed by atoms with Gasteiger partial charge in [-0.1, -0.05) is 36.4 Å². The van der Waals surface area contributed by atoms with Gasteiger partial charge in [-0.05, 0) is 30.3 Å². The van der Waals surface area contributed by atoms with Gasteiger partial charge in [-0.15, -0.1) is 0 Å². The predicted octanol–water partition coefficient (Wildman–Crippen LogP) is 4.49. The first kappa shape index (κ1) is 16.9. The summed E-state index contributed by atoms with van der Waals surface area (Å²) in [6.07, 6.45) is 0. The fourth-order valence-corrected chi connectivity index (χ4v) is 2.37. The zero-order valence-electron chi connectivity index (χ0n) is 13.4. The fraction of sp³-hybridized carbons (Fsp3) is 0. The predicted molar refractivity (Wildman–Crippen MR) is 96.6 cm³/mol. The van der Waals surface area contributed by atoms with Crippen LogP contribution in [0.4, 0.5) is 28.4 Å². The summed E-state index contributed by atoms with van der Waals surface area (Å²) in [4.78, 5) is 20.9. The Hall–Kier alpha value is -3.94. The first-order valence-electron chi connectivity index (χ1n) is 7.61. The number of benzene rings is 3. The lowest BCUT2D eigenvalue weighted by Gasteiger charge is -2.23. The van der Waals surface area contributed by atoms with Crippen LogP contribution < -0.4 is 10.4 Å². The van der Waals surface area contributed by atoms with Gasteiger partial charge in [0.1, 0.15) is 0 Å². The van der Waals surface area contributed by atoms with Crippen molar-refractivity contribution in [3.8, 4) is 0 Å². The maximum absolute atomic E-state index is 11.4. The van der Waals surface area contributed by atoms with Crippen molar-refractivity contribution in [3.63, 3.8) is 0 Å². The molecule has 3 aromatic rings. The fourth-order valence-electron chi connectivity index (χ4n) is 2.37. The lowest BCUT2D eigenvalue weighted by molar-refractivity contribution is -0.393. The Bertz CT molecular complexity index is 893. The Morgan fingerprint density at radius 1 is 0.731 bits per heavy atom. The molecule has 0 aliphatic carbocycles. The molecule has 129 valence electrons. The molecule has 8 nitrogen and oxygen atoms in total. The quantitative estimate of drug-likeness (QED) is 0.481. The van der Waals surface area contributed by atoms with Gasteiger partial charge in [-0.25, -0.2) is 5.01 Å². The highest BCUT2D eigenvalue weighted by Gasteiger charge is 2.23. The number of anilines is 2. The maximum Gasteiger partial charge on any atom is 0.303 e. The highest BCUT2D eigenvalue weighted by atomic mass is 16.6. The summed E-state index contributed by atoms with van der Waals surface area (Å²) in [6, 6.07) is 21.6. The van der Waals surface area contributed by atoms with Gasteiger partial charge in [-0.3, -0.25) is 20.2 Å². The molecule has 0 fully saturated rings. The average molecular weight is 349 g/mol. The summed E-state index contributed by atoms with van der Waals surface area (Å²) in [5, 5.41) is 23.8. The second-order valence-corrected chi connectivity index (χ2v) is 5.27. The van der Waals surface area contributed by atoms with Gasteiger partial charge in [0.05, 0.1) is 27.3 Å². The molecule has 0 aliphatic heterocycles. The molecular formula is C18H13N4O4. The molecule has 26 heavy (non-hydrogen) atoms. The second kappa shape index (κ2) is 7.31. The van der Waals surface area contributed by atoms with Crippen molar-refractivity contribution < 1.29 is 9.85 Å². The van der Waals surface area contributed by atoms with Crippen molar-refractivity contribution in [2.45, 2.75) is 0 Å². The van der Waals surface area contributed by atoms with Crippen LogP contribution in [0.25, 0.3) is 0 Å². The van der Waals surface area contributed by atoms with E-state index in [1.54, 1.807) is 5.01 Å². The third-order valence-corrected chi connectivity index (χ3v) is 3.58. The smallest absolute Gasteiger partial charge is 0.258 e. The van der Waals surface area contributed by atoms with Crippen molar-refractivity contribution in [3.05, 3.63) is 99.1 Å². The van der Waals surface area contributed by atoms with E-state index in [1.165, 1.54) is 12.1 Å². The Balaban J connectivity index is 2.05. The summed E-state index contributed by atoms with van der Waals surface area (Å²) in [5.41, 5.74) is 5.02. The van der Waals surface area contributed by atoms with Crippen LogP contribution in [0.2, 0.25) is 0 Å². The number of nitro benzene ring substituents is 2. The Kier molecular flexibility index (Phi) is 4.75. The molecule has 8 heteroatoms. The molecule has 0 unspecified atom stereocenters. The van der Waals surface area contributed by atoms with Crippen molar-refractivity contribution in [2.75, 3.05) is 5.01 Å². The molecular weight excluding hydrogens is 336 g/mol. The molecule has 0 aromatic heterocycles. The van der Waals surface area contributed by atoms with E-state index in [4.69, 9.17) is 0 Å². The molecule has 1 radical (unpaired) electrons. The van der Waals surface area contributed by atoms with E-state index < -0.39 is 15.5 Å². The van der Waals surface area contributed by atoms with Crippen LogP contribution in [0, 0.1) is 20.2 Å². The van der Waals surface area contributed by atoms with Crippen LogP contribution >= 0.6 is 0 Å². The van der Waals surface area contributed by atoms with Crippen LogP contribution in [-0.2, 0) is 0 Å². The third kappa shape index (κ3) is 3.59. The Morgan fingerprint density at radius 2 is 1.27 bits per heavy atom. The Morgan fingerprint density at radius 3 is 1.73 bits per heavy atom. The van der Waals surface area contributed by atoms with Gasteiger partial charge in [0, 0.05) is 6.07 Å². The zero-order chi connectivity index (χ0) is 18.5. The number of non-ortho nitro benzene ring substituents is 1. The highest BCUT2D eigenvalue weighted by Crippen LogP contribution is 2.33. The van der Waals surface area contributed by atoms with Crippen LogP contribution in [0.1, 0.15) is 0 Å². The number of nitro groups is 2. The first-order valence-corrected chi connectivity index (χ1v) is 7.61. The van der Waals surface area contributed by atoms with Crippen molar-refractivity contribution in [1.29, 1.82) is 0 Å². The average Bonchev–Trinajstić information content (AvgIpc) is 2.67. The number of rotatable bonds is 6. The van der Waals surface area contributed by atoms with E-state index in [0.717, 1.165) is 6.07 Å². The topological polar surface area (TPSA) is 104 Å². The number of para-hydroxylation sites is 2. The third-order valence-electron chi connectivity index (χ3n) is 3.58. The Labute approximate surface area is 148 Å². The van der Waals surface area contributed by atoms with Crippen LogP contribution in [0.3, 0.4) is 0 Å². The monoisotopic (exact) mass is 349 g/mol. The normalized spacial score (nSPS) is 10.2. The number of hydrogen-bond acceptors (Lipinski definition) is 5. The van der Waals surface area contributed by atoms with E-state index in [0.29, 0.717) is 11.4 Å². The molecule has 0 aliphatic rings. The summed E-state index contributed by atoms with van der Waals surface area (Å²) < 4.78 is 0. The van der Waals surface area contributed by atoms with Gasteiger partial charge in [-0.2, -0.15) is 5.43 Å². The van der Waals surface area contributed by atoms with Crippen molar-refractivity contribution in [1.82, 2.24) is 5.43 Å². The molecule has 3 aromatic carbocycles. The minimum absolute atomic E-state index is 0.0216. The summed E-state index contributed by atoms with van der Waals surface area (Å²) >= 11 is 0. The molecule has 0 N–H and O–H groups in total. The number of hydrogen-bond donors (Lipinski definition) is 0. The van der Waals surface area contributed by atoms with Gasteiger partial charge in [0.15, 0.2) is 5.69 Å². The molecule has 0 bridgehead atoms. The second-order valence-electron chi connectivity index (χ2n) is 5.27.